The van der Waals surface area contributed by atoms with Crippen LogP contribution in [-0.2, 0) is 6.54 Å². The number of hydrogen-bond acceptors (Lipinski definition) is 3. The molecule has 0 aliphatic carbocycles. The van der Waals surface area contributed by atoms with Crippen LogP contribution in [0.3, 0.4) is 0 Å². The van der Waals surface area contributed by atoms with Crippen LogP contribution in [0.15, 0.2) is 48.5 Å². The van der Waals surface area contributed by atoms with E-state index < -0.39 is 0 Å². The van der Waals surface area contributed by atoms with Crippen LogP contribution in [0, 0.1) is 5.82 Å². The lowest BCUT2D eigenvalue weighted by atomic mass is 10.2. The lowest BCUT2D eigenvalue weighted by molar-refractivity contribution is 0.312. The maximum absolute atomic E-state index is 12.9. The SMILES string of the molecule is CN(CCCOc1cccc(CN)c1)c1ccc(F)cc1. The summed E-state index contributed by atoms with van der Waals surface area (Å²) in [5.41, 5.74) is 7.67. The van der Waals surface area contributed by atoms with Crippen molar-refractivity contribution in [2.24, 2.45) is 5.73 Å². The summed E-state index contributed by atoms with van der Waals surface area (Å²) in [7, 11) is 1.99. The summed E-state index contributed by atoms with van der Waals surface area (Å²) in [6.45, 7) is 2.01. The lowest BCUT2D eigenvalue weighted by Gasteiger charge is -2.19. The number of nitrogens with two attached hydrogens (primary N) is 1. The number of hydrogen-bond donors (Lipinski definition) is 1. The van der Waals surface area contributed by atoms with E-state index >= 15 is 0 Å². The number of ether oxygens (including phenoxy) is 1. The maximum atomic E-state index is 12.9. The van der Waals surface area contributed by atoms with Crippen LogP contribution in [0.4, 0.5) is 10.1 Å². The molecule has 2 N–H and O–H groups in total. The van der Waals surface area contributed by atoms with Crippen molar-refractivity contribution in [3.63, 3.8) is 0 Å². The molecule has 2 aromatic rings. The van der Waals surface area contributed by atoms with Gasteiger partial charge in [-0.15, -0.1) is 0 Å². The zero-order valence-electron chi connectivity index (χ0n) is 12.3. The van der Waals surface area contributed by atoms with E-state index in [9.17, 15) is 4.39 Å². The van der Waals surface area contributed by atoms with Crippen molar-refractivity contribution in [3.8, 4) is 5.75 Å². The highest BCUT2D eigenvalue weighted by molar-refractivity contribution is 5.45. The first kappa shape index (κ1) is 15.3. The van der Waals surface area contributed by atoms with Crippen molar-refractivity contribution >= 4 is 5.69 Å². The summed E-state index contributed by atoms with van der Waals surface area (Å²) in [5, 5.41) is 0. The molecule has 0 heterocycles. The van der Waals surface area contributed by atoms with Gasteiger partial charge >= 0.3 is 0 Å². The van der Waals surface area contributed by atoms with Gasteiger partial charge in [0.05, 0.1) is 6.61 Å². The van der Waals surface area contributed by atoms with Gasteiger partial charge in [0.25, 0.3) is 0 Å². The molecular formula is C17H21FN2O. The minimum atomic E-state index is -0.213. The third kappa shape index (κ3) is 4.76. The van der Waals surface area contributed by atoms with Crippen molar-refractivity contribution in [3.05, 3.63) is 59.9 Å². The van der Waals surface area contributed by atoms with Crippen LogP contribution in [0.2, 0.25) is 0 Å². The van der Waals surface area contributed by atoms with Crippen LogP contribution in [0.5, 0.6) is 5.75 Å². The molecule has 0 fully saturated rings. The Labute approximate surface area is 125 Å². The molecule has 0 saturated carbocycles. The van der Waals surface area contributed by atoms with Crippen molar-refractivity contribution < 1.29 is 9.13 Å². The van der Waals surface area contributed by atoms with E-state index in [1.54, 1.807) is 12.1 Å². The van der Waals surface area contributed by atoms with Crippen LogP contribution in [0.1, 0.15) is 12.0 Å². The largest absolute Gasteiger partial charge is 0.494 e. The van der Waals surface area contributed by atoms with Gasteiger partial charge in [0.2, 0.25) is 0 Å². The average molecular weight is 288 g/mol. The standard InChI is InChI=1S/C17H21FN2O/c1-20(16-8-6-15(18)7-9-16)10-3-11-21-17-5-2-4-14(12-17)13-19/h2,4-9,12H,3,10-11,13,19H2,1H3. The molecule has 21 heavy (non-hydrogen) atoms. The first-order valence-corrected chi connectivity index (χ1v) is 7.07. The predicted molar refractivity (Wildman–Crippen MR) is 84.1 cm³/mol. The van der Waals surface area contributed by atoms with Crippen molar-refractivity contribution in [2.45, 2.75) is 13.0 Å². The van der Waals surface area contributed by atoms with Crippen LogP contribution in [0.25, 0.3) is 0 Å². The van der Waals surface area contributed by atoms with E-state index in [0.717, 1.165) is 30.0 Å². The van der Waals surface area contributed by atoms with Gasteiger partial charge in [0, 0.05) is 25.8 Å². The van der Waals surface area contributed by atoms with Gasteiger partial charge in [-0.3, -0.25) is 0 Å². The van der Waals surface area contributed by atoms with Crippen LogP contribution < -0.4 is 15.4 Å². The fourth-order valence-corrected chi connectivity index (χ4v) is 2.08. The molecule has 2 rings (SSSR count). The fraction of sp³-hybridized carbons (Fsp3) is 0.294. The lowest BCUT2D eigenvalue weighted by Crippen LogP contribution is -2.20. The van der Waals surface area contributed by atoms with Crippen LogP contribution >= 0.6 is 0 Å². The molecule has 0 atom stereocenters. The smallest absolute Gasteiger partial charge is 0.123 e. The van der Waals surface area contributed by atoms with Crippen LogP contribution in [-0.4, -0.2) is 20.2 Å². The van der Waals surface area contributed by atoms with Crippen molar-refractivity contribution in [1.82, 2.24) is 0 Å². The third-order valence-corrected chi connectivity index (χ3v) is 3.31. The van der Waals surface area contributed by atoms with E-state index in [-0.39, 0.29) is 5.82 Å². The summed E-state index contributed by atoms with van der Waals surface area (Å²) in [6.07, 6.45) is 0.890. The van der Waals surface area contributed by atoms with E-state index in [0.29, 0.717) is 13.2 Å². The van der Waals surface area contributed by atoms with Gasteiger partial charge in [-0.05, 0) is 48.4 Å². The van der Waals surface area contributed by atoms with Crippen molar-refractivity contribution in [1.29, 1.82) is 0 Å². The summed E-state index contributed by atoms with van der Waals surface area (Å²) in [6, 6.07) is 14.3. The Balaban J connectivity index is 1.75. The third-order valence-electron chi connectivity index (χ3n) is 3.31. The van der Waals surface area contributed by atoms with Gasteiger partial charge in [0.15, 0.2) is 0 Å². The number of anilines is 1. The molecule has 0 aliphatic rings. The van der Waals surface area contributed by atoms with E-state index in [1.807, 2.05) is 31.3 Å². The molecule has 0 amide bonds. The quantitative estimate of drug-likeness (QED) is 0.795. The molecule has 0 bridgehead atoms. The van der Waals surface area contributed by atoms with E-state index in [4.69, 9.17) is 10.5 Å². The molecule has 0 radical (unpaired) electrons. The highest BCUT2D eigenvalue weighted by atomic mass is 19.1. The second-order valence-corrected chi connectivity index (χ2v) is 4.95. The van der Waals surface area contributed by atoms with Crippen molar-refractivity contribution in [2.75, 3.05) is 25.1 Å². The molecular weight excluding hydrogens is 267 g/mol. The first-order valence-electron chi connectivity index (χ1n) is 7.07. The minimum absolute atomic E-state index is 0.213. The Bertz CT molecular complexity index is 557. The van der Waals surface area contributed by atoms with E-state index in [2.05, 4.69) is 4.90 Å². The van der Waals surface area contributed by atoms with Gasteiger partial charge in [-0.2, -0.15) is 0 Å². The Morgan fingerprint density at radius 1 is 1.14 bits per heavy atom. The normalized spacial score (nSPS) is 10.4. The summed E-state index contributed by atoms with van der Waals surface area (Å²) in [5.74, 6) is 0.637. The second kappa shape index (κ2) is 7.64. The summed E-state index contributed by atoms with van der Waals surface area (Å²) >= 11 is 0. The first-order chi connectivity index (χ1) is 10.2. The van der Waals surface area contributed by atoms with Gasteiger partial charge in [-0.1, -0.05) is 12.1 Å². The highest BCUT2D eigenvalue weighted by Gasteiger charge is 2.01. The zero-order valence-corrected chi connectivity index (χ0v) is 12.3. The molecule has 2 aromatic carbocycles. The Hall–Kier alpha value is -2.07. The Morgan fingerprint density at radius 3 is 2.62 bits per heavy atom. The second-order valence-electron chi connectivity index (χ2n) is 4.95. The topological polar surface area (TPSA) is 38.5 Å². The molecule has 0 unspecified atom stereocenters. The number of benzene rings is 2. The summed E-state index contributed by atoms with van der Waals surface area (Å²) < 4.78 is 18.6. The number of halogens is 1. The highest BCUT2D eigenvalue weighted by Crippen LogP contribution is 2.15. The maximum Gasteiger partial charge on any atom is 0.123 e. The average Bonchev–Trinajstić information content (AvgIpc) is 2.52. The van der Waals surface area contributed by atoms with Gasteiger partial charge in [-0.25, -0.2) is 4.39 Å². The fourth-order valence-electron chi connectivity index (χ4n) is 2.08. The molecule has 4 heteroatoms. The summed E-state index contributed by atoms with van der Waals surface area (Å²) in [4.78, 5) is 2.08. The van der Waals surface area contributed by atoms with Gasteiger partial charge in [0.1, 0.15) is 11.6 Å². The number of rotatable bonds is 7. The monoisotopic (exact) mass is 288 g/mol. The predicted octanol–water partition coefficient (Wildman–Crippen LogP) is 3.19. The Kier molecular flexibility index (Phi) is 5.58. The number of nitrogens with zero attached hydrogens (tertiary/aromatic N) is 1. The molecule has 112 valence electrons. The zero-order chi connectivity index (χ0) is 15.1. The van der Waals surface area contributed by atoms with E-state index in [1.165, 1.54) is 12.1 Å². The molecule has 0 saturated heterocycles. The molecule has 3 nitrogen and oxygen atoms in total. The minimum Gasteiger partial charge on any atom is -0.494 e. The molecule has 0 aromatic heterocycles. The van der Waals surface area contributed by atoms with Gasteiger partial charge < -0.3 is 15.4 Å². The molecule has 0 spiro atoms. The Morgan fingerprint density at radius 2 is 1.90 bits per heavy atom. The molecule has 0 aliphatic heterocycles.